The molecule has 0 fully saturated rings. The molecule has 0 saturated heterocycles. The van der Waals surface area contributed by atoms with E-state index in [2.05, 4.69) is 22.0 Å². The largest absolute Gasteiger partial charge is 0.398 e. The number of nitrogen functional groups attached to an aromatic ring is 1. The average molecular weight is 264 g/mol. The van der Waals surface area contributed by atoms with Gasteiger partial charge >= 0.3 is 0 Å². The lowest BCUT2D eigenvalue weighted by molar-refractivity contribution is 0.246. The molecule has 2 heterocycles. The maximum absolute atomic E-state index is 8.89. The van der Waals surface area contributed by atoms with Crippen molar-refractivity contribution in [3.8, 4) is 6.07 Å². The quantitative estimate of drug-likeness (QED) is 0.843. The van der Waals surface area contributed by atoms with Gasteiger partial charge in [0.05, 0.1) is 0 Å². The highest BCUT2D eigenvalue weighted by atomic mass is 15.1. The highest BCUT2D eigenvalue weighted by Gasteiger charge is 2.17. The zero-order valence-electron chi connectivity index (χ0n) is 11.2. The summed E-state index contributed by atoms with van der Waals surface area (Å²) in [6, 6.07) is 12.0. The Balaban J connectivity index is 1.76. The first kappa shape index (κ1) is 12.6. The van der Waals surface area contributed by atoms with Crippen molar-refractivity contribution in [3.05, 3.63) is 58.9 Å². The van der Waals surface area contributed by atoms with E-state index in [1.807, 2.05) is 24.3 Å². The smallest absolute Gasteiger partial charge is 0.140 e. The van der Waals surface area contributed by atoms with Gasteiger partial charge in [-0.2, -0.15) is 5.26 Å². The Labute approximate surface area is 118 Å². The number of hydrogen-bond acceptors (Lipinski definition) is 4. The summed E-state index contributed by atoms with van der Waals surface area (Å²) in [6.45, 7) is 2.74. The second-order valence-corrected chi connectivity index (χ2v) is 5.11. The first-order chi connectivity index (χ1) is 9.76. The average Bonchev–Trinajstić information content (AvgIpc) is 2.47. The number of rotatable bonds is 2. The minimum absolute atomic E-state index is 0.476. The van der Waals surface area contributed by atoms with Crippen molar-refractivity contribution in [2.24, 2.45) is 0 Å². The summed E-state index contributed by atoms with van der Waals surface area (Å²) in [5.41, 5.74) is 11.1. The van der Waals surface area contributed by atoms with Gasteiger partial charge < -0.3 is 5.73 Å². The molecule has 0 aliphatic carbocycles. The number of pyridine rings is 1. The van der Waals surface area contributed by atoms with E-state index in [0.717, 1.165) is 37.3 Å². The Kier molecular flexibility index (Phi) is 3.36. The molecule has 1 aliphatic heterocycles. The van der Waals surface area contributed by atoms with E-state index in [4.69, 9.17) is 11.0 Å². The van der Waals surface area contributed by atoms with Gasteiger partial charge in [0.2, 0.25) is 0 Å². The summed E-state index contributed by atoms with van der Waals surface area (Å²) in [7, 11) is 0. The zero-order valence-corrected chi connectivity index (χ0v) is 11.2. The molecule has 4 heteroatoms. The predicted molar refractivity (Wildman–Crippen MR) is 77.6 cm³/mol. The van der Waals surface area contributed by atoms with E-state index in [1.165, 1.54) is 11.1 Å². The van der Waals surface area contributed by atoms with Crippen LogP contribution in [0.2, 0.25) is 0 Å². The lowest BCUT2D eigenvalue weighted by Crippen LogP contribution is -2.30. The third-order valence-electron chi connectivity index (χ3n) is 3.73. The first-order valence-corrected chi connectivity index (χ1v) is 6.70. The van der Waals surface area contributed by atoms with Crippen LogP contribution < -0.4 is 5.73 Å². The molecule has 100 valence electrons. The van der Waals surface area contributed by atoms with Crippen LogP contribution in [0.1, 0.15) is 22.4 Å². The fourth-order valence-corrected chi connectivity index (χ4v) is 2.72. The van der Waals surface area contributed by atoms with Crippen molar-refractivity contribution < 1.29 is 0 Å². The number of benzene rings is 1. The normalized spacial score (nSPS) is 14.6. The number of hydrogen-bond donors (Lipinski definition) is 1. The Morgan fingerprint density at radius 3 is 3.10 bits per heavy atom. The van der Waals surface area contributed by atoms with Gasteiger partial charge in [0, 0.05) is 31.5 Å². The fourth-order valence-electron chi connectivity index (χ4n) is 2.72. The van der Waals surface area contributed by atoms with Crippen molar-refractivity contribution in [2.75, 3.05) is 12.3 Å². The molecule has 1 aromatic carbocycles. The van der Waals surface area contributed by atoms with Crippen LogP contribution in [0.5, 0.6) is 0 Å². The summed E-state index contributed by atoms with van der Waals surface area (Å²) in [5.74, 6) is 0. The second-order valence-electron chi connectivity index (χ2n) is 5.11. The molecule has 0 atom stereocenters. The molecular weight excluding hydrogens is 248 g/mol. The van der Waals surface area contributed by atoms with E-state index in [1.54, 1.807) is 6.20 Å². The van der Waals surface area contributed by atoms with Crippen LogP contribution >= 0.6 is 0 Å². The molecule has 3 rings (SSSR count). The van der Waals surface area contributed by atoms with Crippen LogP contribution in [-0.4, -0.2) is 16.4 Å². The highest BCUT2D eigenvalue weighted by Crippen LogP contribution is 2.24. The van der Waals surface area contributed by atoms with Crippen LogP contribution in [-0.2, 0) is 19.5 Å². The van der Waals surface area contributed by atoms with Crippen LogP contribution in [0.4, 0.5) is 5.69 Å². The molecule has 2 aromatic rings. The van der Waals surface area contributed by atoms with Gasteiger partial charge in [-0.15, -0.1) is 0 Å². The molecule has 0 amide bonds. The number of nitriles is 1. The van der Waals surface area contributed by atoms with Crippen molar-refractivity contribution in [1.82, 2.24) is 9.88 Å². The molecule has 4 nitrogen and oxygen atoms in total. The summed E-state index contributed by atoms with van der Waals surface area (Å²) >= 11 is 0. The van der Waals surface area contributed by atoms with Crippen LogP contribution in [0.3, 0.4) is 0 Å². The zero-order chi connectivity index (χ0) is 13.9. The first-order valence-electron chi connectivity index (χ1n) is 6.70. The van der Waals surface area contributed by atoms with Gasteiger partial charge in [0.25, 0.3) is 0 Å². The summed E-state index contributed by atoms with van der Waals surface area (Å²) in [4.78, 5) is 6.38. The summed E-state index contributed by atoms with van der Waals surface area (Å²) < 4.78 is 0. The predicted octanol–water partition coefficient (Wildman–Crippen LogP) is 2.09. The molecular formula is C16H16N4. The standard InChI is InChI=1S/C16H16N4/c17-9-14-8-12(4-6-19-14)10-20-7-5-15-13(11-20)2-1-3-16(15)18/h1-4,6,8H,5,7,10-11,18H2. The fraction of sp³-hybridized carbons (Fsp3) is 0.250. The maximum Gasteiger partial charge on any atom is 0.140 e. The van der Waals surface area contributed by atoms with Crippen molar-refractivity contribution in [1.29, 1.82) is 5.26 Å². The van der Waals surface area contributed by atoms with Crippen molar-refractivity contribution in [3.63, 3.8) is 0 Å². The van der Waals surface area contributed by atoms with E-state index < -0.39 is 0 Å². The van der Waals surface area contributed by atoms with Gasteiger partial charge in [-0.3, -0.25) is 4.90 Å². The van der Waals surface area contributed by atoms with Gasteiger partial charge in [0.15, 0.2) is 0 Å². The van der Waals surface area contributed by atoms with E-state index in [9.17, 15) is 0 Å². The second kappa shape index (κ2) is 5.32. The summed E-state index contributed by atoms with van der Waals surface area (Å²) in [6.07, 6.45) is 2.68. The highest BCUT2D eigenvalue weighted by molar-refractivity contribution is 5.51. The molecule has 20 heavy (non-hydrogen) atoms. The van der Waals surface area contributed by atoms with Crippen LogP contribution in [0, 0.1) is 11.3 Å². The van der Waals surface area contributed by atoms with Gasteiger partial charge in [-0.25, -0.2) is 4.98 Å². The van der Waals surface area contributed by atoms with E-state index in [0.29, 0.717) is 5.69 Å². The Bertz CT molecular complexity index is 672. The van der Waals surface area contributed by atoms with Crippen LogP contribution in [0.25, 0.3) is 0 Å². The summed E-state index contributed by atoms with van der Waals surface area (Å²) in [5, 5.41) is 8.89. The van der Waals surface area contributed by atoms with Crippen molar-refractivity contribution >= 4 is 5.69 Å². The molecule has 0 spiro atoms. The van der Waals surface area contributed by atoms with Crippen molar-refractivity contribution in [2.45, 2.75) is 19.5 Å². The number of nitrogens with two attached hydrogens (primary N) is 1. The molecule has 1 aliphatic rings. The Morgan fingerprint density at radius 1 is 1.35 bits per heavy atom. The van der Waals surface area contributed by atoms with Gasteiger partial charge in [-0.05, 0) is 41.3 Å². The van der Waals surface area contributed by atoms with E-state index in [-0.39, 0.29) is 0 Å². The van der Waals surface area contributed by atoms with Gasteiger partial charge in [0.1, 0.15) is 11.8 Å². The number of anilines is 1. The lowest BCUT2D eigenvalue weighted by Gasteiger charge is -2.29. The minimum Gasteiger partial charge on any atom is -0.398 e. The molecule has 0 saturated carbocycles. The van der Waals surface area contributed by atoms with Gasteiger partial charge in [-0.1, -0.05) is 12.1 Å². The number of nitrogens with zero attached hydrogens (tertiary/aromatic N) is 3. The third kappa shape index (κ3) is 2.49. The third-order valence-corrected chi connectivity index (χ3v) is 3.73. The molecule has 0 radical (unpaired) electrons. The Hall–Kier alpha value is -2.38. The minimum atomic E-state index is 0.476. The van der Waals surface area contributed by atoms with E-state index >= 15 is 0 Å². The molecule has 1 aromatic heterocycles. The number of fused-ring (bicyclic) bond motifs is 1. The molecule has 0 unspecified atom stereocenters. The molecule has 2 N–H and O–H groups in total. The SMILES string of the molecule is N#Cc1cc(CN2CCc3c(N)cccc3C2)ccn1. The maximum atomic E-state index is 8.89. The number of aromatic nitrogens is 1. The topological polar surface area (TPSA) is 65.9 Å². The monoisotopic (exact) mass is 264 g/mol. The van der Waals surface area contributed by atoms with Crippen LogP contribution in [0.15, 0.2) is 36.5 Å². The molecule has 0 bridgehead atoms. The lowest BCUT2D eigenvalue weighted by atomic mass is 9.97. The Morgan fingerprint density at radius 2 is 2.25 bits per heavy atom.